The van der Waals surface area contributed by atoms with Gasteiger partial charge in [-0.25, -0.2) is 4.98 Å². The summed E-state index contributed by atoms with van der Waals surface area (Å²) in [6.45, 7) is 1.93. The fourth-order valence-electron chi connectivity index (χ4n) is 4.09. The molecule has 2 heterocycles. The molecule has 1 aliphatic rings. The first-order valence-corrected chi connectivity index (χ1v) is 10.4. The summed E-state index contributed by atoms with van der Waals surface area (Å²) in [4.78, 5) is 20.9. The van der Waals surface area contributed by atoms with Crippen molar-refractivity contribution in [2.24, 2.45) is 5.73 Å². The molecule has 1 aromatic carbocycles. The predicted octanol–water partition coefficient (Wildman–Crippen LogP) is 5.32. The maximum absolute atomic E-state index is 12.9. The summed E-state index contributed by atoms with van der Waals surface area (Å²) >= 11 is 0. The van der Waals surface area contributed by atoms with Gasteiger partial charge in [-0.3, -0.25) is 9.78 Å². The van der Waals surface area contributed by atoms with Crippen LogP contribution in [-0.2, 0) is 6.18 Å². The zero-order chi connectivity index (χ0) is 22.9. The van der Waals surface area contributed by atoms with Crippen molar-refractivity contribution in [1.29, 1.82) is 0 Å². The quantitative estimate of drug-likeness (QED) is 0.576. The number of nitrogens with two attached hydrogens (primary N) is 1. The summed E-state index contributed by atoms with van der Waals surface area (Å²) in [6, 6.07) is 9.12. The number of aromatic nitrogens is 2. The van der Waals surface area contributed by atoms with Gasteiger partial charge < -0.3 is 11.1 Å². The normalized spacial score (nSPS) is 18.5. The van der Waals surface area contributed by atoms with E-state index in [0.717, 1.165) is 59.8 Å². The fourth-order valence-corrected chi connectivity index (χ4v) is 4.09. The molecule has 1 amide bonds. The van der Waals surface area contributed by atoms with Crippen LogP contribution in [0.25, 0.3) is 11.1 Å². The summed E-state index contributed by atoms with van der Waals surface area (Å²) in [5.41, 5.74) is 9.30. The highest BCUT2D eigenvalue weighted by molar-refractivity contribution is 6.04. The molecule has 0 spiro atoms. The standard InChI is InChI=1S/C24H23F3N4O/c1-14-2-3-16(23(32)31-22-11-19(6-7-30-22)24(25,26)27)10-21(14)18-8-17(12-29-13-18)15-4-5-20(28)9-15/h2-3,6-8,10-13,15,20H,4-5,9,28H2,1H3,(H,30,31,32)/t15?,20-/m0/s1. The molecule has 1 saturated carbocycles. The monoisotopic (exact) mass is 440 g/mol. The van der Waals surface area contributed by atoms with Crippen LogP contribution in [0.3, 0.4) is 0 Å². The second kappa shape index (κ2) is 8.70. The number of carbonyl (C=O) groups is 1. The van der Waals surface area contributed by atoms with E-state index in [1.807, 2.05) is 19.2 Å². The van der Waals surface area contributed by atoms with E-state index in [1.165, 1.54) is 0 Å². The molecule has 1 unspecified atom stereocenters. The van der Waals surface area contributed by atoms with Crippen molar-refractivity contribution in [3.05, 3.63) is 77.2 Å². The van der Waals surface area contributed by atoms with Crippen molar-refractivity contribution in [3.8, 4) is 11.1 Å². The van der Waals surface area contributed by atoms with Gasteiger partial charge in [0.1, 0.15) is 5.82 Å². The van der Waals surface area contributed by atoms with Gasteiger partial charge in [0.2, 0.25) is 0 Å². The molecule has 2 aromatic heterocycles. The van der Waals surface area contributed by atoms with E-state index >= 15 is 0 Å². The Balaban J connectivity index is 1.59. The first kappa shape index (κ1) is 22.0. The summed E-state index contributed by atoms with van der Waals surface area (Å²) in [5.74, 6) is -0.326. The average molecular weight is 440 g/mol. The van der Waals surface area contributed by atoms with Gasteiger partial charge in [0, 0.05) is 35.8 Å². The molecule has 0 bridgehead atoms. The average Bonchev–Trinajstić information content (AvgIpc) is 3.20. The number of aryl methyl sites for hydroxylation is 1. The van der Waals surface area contributed by atoms with Gasteiger partial charge in [0.05, 0.1) is 5.56 Å². The number of hydrogen-bond donors (Lipinski definition) is 2. The number of hydrogen-bond acceptors (Lipinski definition) is 4. The molecule has 166 valence electrons. The highest BCUT2D eigenvalue weighted by Crippen LogP contribution is 2.35. The van der Waals surface area contributed by atoms with Crippen LogP contribution in [0.2, 0.25) is 0 Å². The third kappa shape index (κ3) is 4.80. The lowest BCUT2D eigenvalue weighted by atomic mass is 9.94. The molecule has 32 heavy (non-hydrogen) atoms. The van der Waals surface area contributed by atoms with Crippen molar-refractivity contribution < 1.29 is 18.0 Å². The van der Waals surface area contributed by atoms with Crippen molar-refractivity contribution in [2.45, 2.75) is 44.3 Å². The largest absolute Gasteiger partial charge is 0.416 e. The van der Waals surface area contributed by atoms with E-state index in [1.54, 1.807) is 18.3 Å². The summed E-state index contributed by atoms with van der Waals surface area (Å²) in [6.07, 6.45) is 3.06. The number of halogens is 3. The number of pyridine rings is 2. The summed E-state index contributed by atoms with van der Waals surface area (Å²) in [7, 11) is 0. The van der Waals surface area contributed by atoms with Gasteiger partial charge in [-0.2, -0.15) is 13.2 Å². The number of alkyl halides is 3. The molecule has 8 heteroatoms. The molecule has 0 radical (unpaired) electrons. The van der Waals surface area contributed by atoms with Gasteiger partial charge in [0.15, 0.2) is 0 Å². The molecule has 1 fully saturated rings. The molecular formula is C24H23F3N4O. The molecule has 3 N–H and O–H groups in total. The van der Waals surface area contributed by atoms with E-state index in [9.17, 15) is 18.0 Å². The van der Waals surface area contributed by atoms with Crippen LogP contribution < -0.4 is 11.1 Å². The lowest BCUT2D eigenvalue weighted by molar-refractivity contribution is -0.137. The molecule has 0 saturated heterocycles. The smallest absolute Gasteiger partial charge is 0.328 e. The summed E-state index contributed by atoms with van der Waals surface area (Å²) in [5, 5.41) is 2.45. The van der Waals surface area contributed by atoms with Crippen molar-refractivity contribution in [1.82, 2.24) is 9.97 Å². The minimum Gasteiger partial charge on any atom is -0.328 e. The van der Waals surface area contributed by atoms with Crippen molar-refractivity contribution in [3.63, 3.8) is 0 Å². The Hall–Kier alpha value is -3.26. The topological polar surface area (TPSA) is 80.9 Å². The Morgan fingerprint density at radius 2 is 1.94 bits per heavy atom. The van der Waals surface area contributed by atoms with E-state index in [2.05, 4.69) is 21.4 Å². The minimum absolute atomic E-state index is 0.159. The molecular weight excluding hydrogens is 417 g/mol. The first-order chi connectivity index (χ1) is 15.2. The summed E-state index contributed by atoms with van der Waals surface area (Å²) < 4.78 is 38.8. The number of anilines is 1. The van der Waals surface area contributed by atoms with Crippen LogP contribution in [0.4, 0.5) is 19.0 Å². The van der Waals surface area contributed by atoms with Gasteiger partial charge in [-0.05, 0) is 79.1 Å². The van der Waals surface area contributed by atoms with E-state index in [4.69, 9.17) is 5.73 Å². The van der Waals surface area contributed by atoms with E-state index in [-0.39, 0.29) is 11.9 Å². The van der Waals surface area contributed by atoms with Crippen LogP contribution >= 0.6 is 0 Å². The fraction of sp³-hybridized carbons (Fsp3) is 0.292. The zero-order valence-corrected chi connectivity index (χ0v) is 17.5. The van der Waals surface area contributed by atoms with Crippen molar-refractivity contribution >= 4 is 11.7 Å². The van der Waals surface area contributed by atoms with Gasteiger partial charge >= 0.3 is 6.18 Å². The van der Waals surface area contributed by atoms with Crippen LogP contribution in [0, 0.1) is 6.92 Å². The highest BCUT2D eigenvalue weighted by Gasteiger charge is 2.31. The predicted molar refractivity (Wildman–Crippen MR) is 116 cm³/mol. The van der Waals surface area contributed by atoms with Crippen LogP contribution in [0.15, 0.2) is 55.0 Å². The highest BCUT2D eigenvalue weighted by atomic mass is 19.4. The molecule has 3 aromatic rings. The lowest BCUT2D eigenvalue weighted by Crippen LogP contribution is -2.14. The molecule has 2 atom stereocenters. The third-order valence-corrected chi connectivity index (χ3v) is 5.84. The zero-order valence-electron chi connectivity index (χ0n) is 17.5. The SMILES string of the molecule is Cc1ccc(C(=O)Nc2cc(C(F)(F)F)ccn2)cc1-c1cncc(C2CC[C@H](N)C2)c1. The van der Waals surface area contributed by atoms with Gasteiger partial charge in [-0.1, -0.05) is 6.07 Å². The van der Waals surface area contributed by atoms with Gasteiger partial charge in [0.25, 0.3) is 5.91 Å². The number of nitrogens with zero attached hydrogens (tertiary/aromatic N) is 2. The van der Waals surface area contributed by atoms with E-state index < -0.39 is 17.6 Å². The molecule has 5 nitrogen and oxygen atoms in total. The second-order valence-electron chi connectivity index (χ2n) is 8.19. The number of rotatable bonds is 4. The third-order valence-electron chi connectivity index (χ3n) is 5.84. The Labute approximate surface area is 183 Å². The lowest BCUT2D eigenvalue weighted by Gasteiger charge is -2.14. The Morgan fingerprint density at radius 3 is 2.66 bits per heavy atom. The molecule has 0 aliphatic heterocycles. The minimum atomic E-state index is -4.51. The molecule has 1 aliphatic carbocycles. The maximum Gasteiger partial charge on any atom is 0.416 e. The Kier molecular flexibility index (Phi) is 5.97. The van der Waals surface area contributed by atoms with Crippen molar-refractivity contribution in [2.75, 3.05) is 5.32 Å². The van der Waals surface area contributed by atoms with Crippen LogP contribution in [-0.4, -0.2) is 21.9 Å². The van der Waals surface area contributed by atoms with Crippen LogP contribution in [0.5, 0.6) is 0 Å². The number of carbonyl (C=O) groups excluding carboxylic acids is 1. The maximum atomic E-state index is 12.9. The number of amides is 1. The second-order valence-corrected chi connectivity index (χ2v) is 8.19. The molecule has 4 rings (SSSR count). The Bertz CT molecular complexity index is 1150. The number of nitrogens with one attached hydrogen (secondary N) is 1. The number of benzene rings is 1. The first-order valence-electron chi connectivity index (χ1n) is 10.4. The van der Waals surface area contributed by atoms with Gasteiger partial charge in [-0.15, -0.1) is 0 Å². The van der Waals surface area contributed by atoms with Crippen LogP contribution in [0.1, 0.15) is 52.2 Å². The Morgan fingerprint density at radius 1 is 1.12 bits per heavy atom. The van der Waals surface area contributed by atoms with E-state index in [0.29, 0.717) is 11.5 Å².